The molecular formula is C12H23NO2. The monoisotopic (exact) mass is 213 g/mol. The molecule has 1 saturated heterocycles. The lowest BCUT2D eigenvalue weighted by Gasteiger charge is -2.23. The van der Waals surface area contributed by atoms with Crippen LogP contribution < -0.4 is 5.32 Å². The second-order valence-electron chi connectivity index (χ2n) is 4.92. The molecular weight excluding hydrogens is 190 g/mol. The molecule has 3 atom stereocenters. The van der Waals surface area contributed by atoms with Crippen molar-refractivity contribution in [2.75, 3.05) is 20.3 Å². The molecule has 2 rings (SSSR count). The maximum absolute atomic E-state index is 5.80. The molecule has 0 aromatic rings. The average molecular weight is 213 g/mol. The Morgan fingerprint density at radius 1 is 1.40 bits per heavy atom. The molecule has 2 aliphatic rings. The number of rotatable bonds is 6. The fraction of sp³-hybridized carbons (Fsp3) is 1.00. The first-order chi connectivity index (χ1) is 7.31. The van der Waals surface area contributed by atoms with Gasteiger partial charge in [-0.1, -0.05) is 0 Å². The molecule has 0 bridgehead atoms. The summed E-state index contributed by atoms with van der Waals surface area (Å²) in [6, 6.07) is 1.13. The number of ether oxygens (including phenoxy) is 2. The van der Waals surface area contributed by atoms with E-state index in [9.17, 15) is 0 Å². The van der Waals surface area contributed by atoms with E-state index in [-0.39, 0.29) is 0 Å². The number of methoxy groups -OCH3 is 1. The first kappa shape index (κ1) is 11.4. The van der Waals surface area contributed by atoms with Gasteiger partial charge < -0.3 is 14.8 Å². The molecule has 3 unspecified atom stereocenters. The van der Waals surface area contributed by atoms with Gasteiger partial charge in [-0.25, -0.2) is 0 Å². The predicted octanol–water partition coefficient (Wildman–Crippen LogP) is 1.57. The fourth-order valence-electron chi connectivity index (χ4n) is 2.42. The minimum atomic E-state index is 0.495. The summed E-state index contributed by atoms with van der Waals surface area (Å²) in [5, 5.41) is 3.68. The molecule has 1 saturated carbocycles. The van der Waals surface area contributed by atoms with Crippen LogP contribution in [0.3, 0.4) is 0 Å². The van der Waals surface area contributed by atoms with Crippen molar-refractivity contribution in [3.05, 3.63) is 0 Å². The van der Waals surface area contributed by atoms with Crippen LogP contribution in [0.4, 0.5) is 0 Å². The van der Waals surface area contributed by atoms with Crippen molar-refractivity contribution < 1.29 is 9.47 Å². The largest absolute Gasteiger partial charge is 0.385 e. The average Bonchev–Trinajstić information content (AvgIpc) is 2.97. The first-order valence-electron chi connectivity index (χ1n) is 6.18. The van der Waals surface area contributed by atoms with Crippen LogP contribution in [0.15, 0.2) is 0 Å². The van der Waals surface area contributed by atoms with E-state index in [2.05, 4.69) is 12.2 Å². The van der Waals surface area contributed by atoms with Crippen LogP contribution in [-0.2, 0) is 9.47 Å². The SMILES string of the molecule is COCCC(C)NC1CCOC1C1CC1. The van der Waals surface area contributed by atoms with Crippen LogP contribution in [0.2, 0.25) is 0 Å². The van der Waals surface area contributed by atoms with Gasteiger partial charge in [0.15, 0.2) is 0 Å². The van der Waals surface area contributed by atoms with Gasteiger partial charge in [-0.3, -0.25) is 0 Å². The van der Waals surface area contributed by atoms with E-state index in [0.29, 0.717) is 18.2 Å². The molecule has 0 aromatic carbocycles. The molecule has 1 aliphatic heterocycles. The molecule has 0 spiro atoms. The van der Waals surface area contributed by atoms with E-state index >= 15 is 0 Å². The van der Waals surface area contributed by atoms with Crippen LogP contribution in [0.1, 0.15) is 32.6 Å². The zero-order chi connectivity index (χ0) is 10.7. The topological polar surface area (TPSA) is 30.5 Å². The van der Waals surface area contributed by atoms with E-state index in [1.54, 1.807) is 7.11 Å². The lowest BCUT2D eigenvalue weighted by atomic mass is 10.0. The molecule has 1 N–H and O–H groups in total. The summed E-state index contributed by atoms with van der Waals surface area (Å²) in [6.45, 7) is 4.02. The molecule has 1 aliphatic carbocycles. The molecule has 3 nitrogen and oxygen atoms in total. The predicted molar refractivity (Wildman–Crippen MR) is 60.0 cm³/mol. The molecule has 0 aromatic heterocycles. The van der Waals surface area contributed by atoms with Crippen molar-refractivity contribution in [3.63, 3.8) is 0 Å². The van der Waals surface area contributed by atoms with E-state index in [0.717, 1.165) is 25.6 Å². The standard InChI is InChI=1S/C12H23NO2/c1-9(5-7-14-2)13-11-6-8-15-12(11)10-3-4-10/h9-13H,3-8H2,1-2H3. The summed E-state index contributed by atoms with van der Waals surface area (Å²) < 4.78 is 10.9. The summed E-state index contributed by atoms with van der Waals surface area (Å²) in [6.07, 6.45) is 5.50. The van der Waals surface area contributed by atoms with Crippen molar-refractivity contribution >= 4 is 0 Å². The zero-order valence-electron chi connectivity index (χ0n) is 9.87. The summed E-state index contributed by atoms with van der Waals surface area (Å²) in [4.78, 5) is 0. The Labute approximate surface area is 92.5 Å². The Balaban J connectivity index is 1.72. The van der Waals surface area contributed by atoms with Crippen LogP contribution in [0.5, 0.6) is 0 Å². The van der Waals surface area contributed by atoms with Crippen LogP contribution >= 0.6 is 0 Å². The minimum absolute atomic E-state index is 0.495. The third-order valence-electron chi connectivity index (χ3n) is 3.48. The van der Waals surface area contributed by atoms with Gasteiger partial charge in [0, 0.05) is 32.4 Å². The third-order valence-corrected chi connectivity index (χ3v) is 3.48. The second kappa shape index (κ2) is 5.28. The van der Waals surface area contributed by atoms with Crippen molar-refractivity contribution in [1.29, 1.82) is 0 Å². The van der Waals surface area contributed by atoms with Gasteiger partial charge in [-0.2, -0.15) is 0 Å². The van der Waals surface area contributed by atoms with E-state index in [1.165, 1.54) is 19.3 Å². The van der Waals surface area contributed by atoms with Gasteiger partial charge in [-0.15, -0.1) is 0 Å². The van der Waals surface area contributed by atoms with Crippen molar-refractivity contribution in [1.82, 2.24) is 5.32 Å². The minimum Gasteiger partial charge on any atom is -0.385 e. The van der Waals surface area contributed by atoms with Gasteiger partial charge in [0.05, 0.1) is 6.10 Å². The Morgan fingerprint density at radius 2 is 2.20 bits per heavy atom. The Kier molecular flexibility index (Phi) is 4.00. The normalized spacial score (nSPS) is 33.2. The van der Waals surface area contributed by atoms with Crippen LogP contribution in [0.25, 0.3) is 0 Å². The number of nitrogens with one attached hydrogen (secondary N) is 1. The zero-order valence-corrected chi connectivity index (χ0v) is 9.87. The van der Waals surface area contributed by atoms with Crippen LogP contribution in [0, 0.1) is 5.92 Å². The summed E-state index contributed by atoms with van der Waals surface area (Å²) in [5.41, 5.74) is 0. The molecule has 0 radical (unpaired) electrons. The Bertz CT molecular complexity index is 194. The maximum Gasteiger partial charge on any atom is 0.0757 e. The highest BCUT2D eigenvalue weighted by molar-refractivity contribution is 4.94. The first-order valence-corrected chi connectivity index (χ1v) is 6.18. The maximum atomic E-state index is 5.80. The highest BCUT2D eigenvalue weighted by Gasteiger charge is 2.40. The summed E-state index contributed by atoms with van der Waals surface area (Å²) >= 11 is 0. The lowest BCUT2D eigenvalue weighted by molar-refractivity contribution is 0.0779. The van der Waals surface area contributed by atoms with Crippen LogP contribution in [-0.4, -0.2) is 38.5 Å². The Hall–Kier alpha value is -0.120. The number of hydrogen-bond donors (Lipinski definition) is 1. The summed E-state index contributed by atoms with van der Waals surface area (Å²) in [5.74, 6) is 0.847. The molecule has 3 heteroatoms. The highest BCUT2D eigenvalue weighted by atomic mass is 16.5. The molecule has 1 heterocycles. The molecule has 0 amide bonds. The van der Waals surface area contributed by atoms with E-state index in [4.69, 9.17) is 9.47 Å². The van der Waals surface area contributed by atoms with Gasteiger partial charge in [0.25, 0.3) is 0 Å². The molecule has 15 heavy (non-hydrogen) atoms. The Morgan fingerprint density at radius 3 is 2.87 bits per heavy atom. The number of hydrogen-bond acceptors (Lipinski definition) is 3. The summed E-state index contributed by atoms with van der Waals surface area (Å²) in [7, 11) is 1.76. The fourth-order valence-corrected chi connectivity index (χ4v) is 2.42. The van der Waals surface area contributed by atoms with Crippen molar-refractivity contribution in [2.45, 2.75) is 50.8 Å². The van der Waals surface area contributed by atoms with E-state index < -0.39 is 0 Å². The van der Waals surface area contributed by atoms with Gasteiger partial charge in [-0.05, 0) is 38.5 Å². The van der Waals surface area contributed by atoms with Gasteiger partial charge >= 0.3 is 0 Å². The van der Waals surface area contributed by atoms with Gasteiger partial charge in [0.1, 0.15) is 0 Å². The lowest BCUT2D eigenvalue weighted by Crippen LogP contribution is -2.43. The quantitative estimate of drug-likeness (QED) is 0.726. The van der Waals surface area contributed by atoms with Crippen molar-refractivity contribution in [3.8, 4) is 0 Å². The molecule has 88 valence electrons. The molecule has 2 fully saturated rings. The second-order valence-corrected chi connectivity index (χ2v) is 4.92. The smallest absolute Gasteiger partial charge is 0.0757 e. The van der Waals surface area contributed by atoms with E-state index in [1.807, 2.05) is 0 Å². The van der Waals surface area contributed by atoms with Crippen molar-refractivity contribution in [2.24, 2.45) is 5.92 Å². The van der Waals surface area contributed by atoms with Gasteiger partial charge in [0.2, 0.25) is 0 Å². The highest BCUT2D eigenvalue weighted by Crippen LogP contribution is 2.38. The third kappa shape index (κ3) is 3.16.